The summed E-state index contributed by atoms with van der Waals surface area (Å²) in [4.78, 5) is 14.9. The van der Waals surface area contributed by atoms with Crippen molar-refractivity contribution in [3.63, 3.8) is 0 Å². The molecule has 1 aromatic carbocycles. The third-order valence-electron chi connectivity index (χ3n) is 2.47. The van der Waals surface area contributed by atoms with E-state index in [1.165, 1.54) is 0 Å². The second kappa shape index (κ2) is 5.46. The van der Waals surface area contributed by atoms with Crippen LogP contribution in [0.4, 0.5) is 4.79 Å². The number of halogens is 2. The average molecular weight is 288 g/mol. The summed E-state index contributed by atoms with van der Waals surface area (Å²) in [5, 5.41) is 0.613. The summed E-state index contributed by atoms with van der Waals surface area (Å²) in [6.45, 7) is 0.621. The van der Waals surface area contributed by atoms with Crippen LogP contribution in [0.5, 0.6) is 0 Å². The Morgan fingerprint density at radius 1 is 1.50 bits per heavy atom. The van der Waals surface area contributed by atoms with Crippen molar-refractivity contribution >= 4 is 40.3 Å². The number of aromatic nitrogens is 2. The summed E-state index contributed by atoms with van der Waals surface area (Å²) in [5.74, 6) is 0.963. The van der Waals surface area contributed by atoms with Crippen molar-refractivity contribution in [3.8, 4) is 0 Å². The quantitative estimate of drug-likeness (QED) is 0.879. The van der Waals surface area contributed by atoms with E-state index in [2.05, 4.69) is 4.98 Å². The molecule has 0 saturated carbocycles. The topological polar surface area (TPSA) is 70.1 Å². The molecule has 18 heavy (non-hydrogen) atoms. The van der Waals surface area contributed by atoms with E-state index in [9.17, 15) is 4.79 Å². The molecule has 1 aromatic heterocycles. The van der Waals surface area contributed by atoms with Crippen LogP contribution in [0.15, 0.2) is 18.2 Å². The number of fused-ring (bicyclic) bond motifs is 1. The first-order valence-corrected chi connectivity index (χ1v) is 6.16. The minimum absolute atomic E-state index is 0.174. The molecule has 0 saturated heterocycles. The average Bonchev–Trinajstić information content (AvgIpc) is 2.66. The van der Waals surface area contributed by atoms with Gasteiger partial charge in [0, 0.05) is 5.02 Å². The van der Waals surface area contributed by atoms with E-state index < -0.39 is 6.09 Å². The molecular weight excluding hydrogens is 277 g/mol. The van der Waals surface area contributed by atoms with Crippen molar-refractivity contribution in [1.29, 1.82) is 0 Å². The molecule has 0 aliphatic rings. The van der Waals surface area contributed by atoms with Gasteiger partial charge in [0.1, 0.15) is 12.4 Å². The number of rotatable bonds is 4. The van der Waals surface area contributed by atoms with Gasteiger partial charge in [-0.3, -0.25) is 0 Å². The fourth-order valence-corrected chi connectivity index (χ4v) is 2.11. The standard InChI is InChI=1S/C11H11Cl2N3O2/c12-6-10-15-8-5-7(13)1-2-9(8)16(10)3-4-18-11(14)17/h1-2,5H,3-4,6H2,(H2,14,17). The van der Waals surface area contributed by atoms with Gasteiger partial charge < -0.3 is 15.0 Å². The largest absolute Gasteiger partial charge is 0.448 e. The lowest BCUT2D eigenvalue weighted by atomic mass is 10.3. The van der Waals surface area contributed by atoms with Crippen LogP contribution in [-0.2, 0) is 17.2 Å². The van der Waals surface area contributed by atoms with Gasteiger partial charge in [-0.15, -0.1) is 11.6 Å². The molecule has 7 heteroatoms. The molecule has 0 aliphatic carbocycles. The third kappa shape index (κ3) is 2.68. The van der Waals surface area contributed by atoms with Gasteiger partial charge in [-0.2, -0.15) is 0 Å². The second-order valence-corrected chi connectivity index (χ2v) is 4.32. The van der Waals surface area contributed by atoms with Gasteiger partial charge in [0.15, 0.2) is 0 Å². The molecule has 0 radical (unpaired) electrons. The molecule has 2 rings (SSSR count). The maximum atomic E-state index is 10.5. The Labute approximate surface area is 113 Å². The van der Waals surface area contributed by atoms with E-state index in [0.717, 1.165) is 11.0 Å². The van der Waals surface area contributed by atoms with E-state index in [-0.39, 0.29) is 12.5 Å². The number of carbonyl (C=O) groups excluding carboxylic acids is 1. The number of nitrogens with two attached hydrogens (primary N) is 1. The van der Waals surface area contributed by atoms with E-state index in [4.69, 9.17) is 33.7 Å². The van der Waals surface area contributed by atoms with E-state index in [0.29, 0.717) is 17.4 Å². The summed E-state index contributed by atoms with van der Waals surface area (Å²) in [7, 11) is 0. The van der Waals surface area contributed by atoms with Crippen molar-refractivity contribution in [1.82, 2.24) is 9.55 Å². The van der Waals surface area contributed by atoms with Gasteiger partial charge in [0.05, 0.1) is 23.5 Å². The fraction of sp³-hybridized carbons (Fsp3) is 0.273. The molecule has 0 bridgehead atoms. The first-order chi connectivity index (χ1) is 8.61. The van der Waals surface area contributed by atoms with Crippen LogP contribution in [0.25, 0.3) is 11.0 Å². The van der Waals surface area contributed by atoms with Crippen LogP contribution >= 0.6 is 23.2 Å². The SMILES string of the molecule is NC(=O)OCCn1c(CCl)nc2cc(Cl)ccc21. The van der Waals surface area contributed by atoms with Crippen molar-refractivity contribution in [2.75, 3.05) is 6.61 Å². The van der Waals surface area contributed by atoms with E-state index >= 15 is 0 Å². The first kappa shape index (κ1) is 13.0. The predicted octanol–water partition coefficient (Wildman–Crippen LogP) is 2.52. The van der Waals surface area contributed by atoms with Crippen LogP contribution in [0, 0.1) is 0 Å². The number of hydrogen-bond donors (Lipinski definition) is 1. The number of ether oxygens (including phenoxy) is 1. The summed E-state index contributed by atoms with van der Waals surface area (Å²) >= 11 is 11.7. The molecule has 0 aliphatic heterocycles. The summed E-state index contributed by atoms with van der Waals surface area (Å²) in [6, 6.07) is 5.39. The molecule has 5 nitrogen and oxygen atoms in total. The summed E-state index contributed by atoms with van der Waals surface area (Å²) in [6.07, 6.45) is -0.796. The van der Waals surface area contributed by atoms with Crippen LogP contribution < -0.4 is 5.73 Å². The molecule has 2 aromatic rings. The predicted molar refractivity (Wildman–Crippen MR) is 69.8 cm³/mol. The van der Waals surface area contributed by atoms with Crippen LogP contribution in [0.3, 0.4) is 0 Å². The van der Waals surface area contributed by atoms with Crippen LogP contribution in [0.1, 0.15) is 5.82 Å². The number of alkyl halides is 1. The lowest BCUT2D eigenvalue weighted by molar-refractivity contribution is 0.152. The zero-order chi connectivity index (χ0) is 13.1. The molecule has 0 atom stereocenters. The number of imidazole rings is 1. The number of nitrogens with zero attached hydrogens (tertiary/aromatic N) is 2. The minimum Gasteiger partial charge on any atom is -0.448 e. The van der Waals surface area contributed by atoms with Crippen molar-refractivity contribution in [2.45, 2.75) is 12.4 Å². The normalized spacial score (nSPS) is 10.8. The zero-order valence-corrected chi connectivity index (χ0v) is 10.9. The molecule has 0 unspecified atom stereocenters. The summed E-state index contributed by atoms with van der Waals surface area (Å²) in [5.41, 5.74) is 6.56. The maximum Gasteiger partial charge on any atom is 0.404 e. The van der Waals surface area contributed by atoms with Gasteiger partial charge in [-0.25, -0.2) is 9.78 Å². The first-order valence-electron chi connectivity index (χ1n) is 5.24. The Balaban J connectivity index is 2.31. The van der Waals surface area contributed by atoms with Gasteiger partial charge in [0.25, 0.3) is 0 Å². The molecule has 2 N–H and O–H groups in total. The Kier molecular flexibility index (Phi) is 3.93. The number of hydrogen-bond acceptors (Lipinski definition) is 3. The number of carbonyl (C=O) groups is 1. The van der Waals surface area contributed by atoms with Gasteiger partial charge in [0.2, 0.25) is 0 Å². The minimum atomic E-state index is -0.796. The lowest BCUT2D eigenvalue weighted by Gasteiger charge is -2.07. The van der Waals surface area contributed by atoms with Gasteiger partial charge >= 0.3 is 6.09 Å². The monoisotopic (exact) mass is 287 g/mol. The van der Waals surface area contributed by atoms with Crippen LogP contribution in [-0.4, -0.2) is 22.3 Å². The van der Waals surface area contributed by atoms with Crippen molar-refractivity contribution in [2.24, 2.45) is 5.73 Å². The fourth-order valence-electron chi connectivity index (χ4n) is 1.74. The van der Waals surface area contributed by atoms with Crippen LogP contribution in [0.2, 0.25) is 5.02 Å². The number of amides is 1. The highest BCUT2D eigenvalue weighted by molar-refractivity contribution is 6.31. The Bertz CT molecular complexity index is 583. The Hall–Kier alpha value is -1.46. The highest BCUT2D eigenvalue weighted by Crippen LogP contribution is 2.21. The second-order valence-electron chi connectivity index (χ2n) is 3.61. The summed E-state index contributed by atoms with van der Waals surface area (Å²) < 4.78 is 6.59. The van der Waals surface area contributed by atoms with Crippen molar-refractivity contribution < 1.29 is 9.53 Å². The molecule has 96 valence electrons. The Morgan fingerprint density at radius 3 is 2.94 bits per heavy atom. The highest BCUT2D eigenvalue weighted by Gasteiger charge is 2.10. The third-order valence-corrected chi connectivity index (χ3v) is 2.94. The maximum absolute atomic E-state index is 10.5. The van der Waals surface area contributed by atoms with E-state index in [1.807, 2.05) is 10.6 Å². The lowest BCUT2D eigenvalue weighted by Crippen LogP contribution is -2.17. The van der Waals surface area contributed by atoms with E-state index in [1.54, 1.807) is 12.1 Å². The molecule has 0 fully saturated rings. The molecule has 1 heterocycles. The smallest absolute Gasteiger partial charge is 0.404 e. The van der Waals surface area contributed by atoms with Gasteiger partial charge in [-0.05, 0) is 18.2 Å². The number of primary amides is 1. The van der Waals surface area contributed by atoms with Gasteiger partial charge in [-0.1, -0.05) is 11.6 Å². The molecule has 1 amide bonds. The molecular formula is C11H11Cl2N3O2. The highest BCUT2D eigenvalue weighted by atomic mass is 35.5. The zero-order valence-electron chi connectivity index (χ0n) is 9.40. The Morgan fingerprint density at radius 2 is 2.28 bits per heavy atom. The van der Waals surface area contributed by atoms with Crippen molar-refractivity contribution in [3.05, 3.63) is 29.0 Å². The molecule has 0 spiro atoms. The number of benzene rings is 1.